The molecule has 0 radical (unpaired) electrons. The summed E-state index contributed by atoms with van der Waals surface area (Å²) in [6, 6.07) is -0.880. The van der Waals surface area contributed by atoms with Gasteiger partial charge >= 0.3 is 7.82 Å². The molecular formula is C32H59N2O6P. The molecule has 0 fully saturated rings. The van der Waals surface area contributed by atoms with E-state index in [1.807, 2.05) is 6.08 Å². The molecule has 0 aliphatic heterocycles. The number of nitrogens with one attached hydrogen (secondary N) is 1. The largest absolute Gasteiger partial charge is 0.472 e. The van der Waals surface area contributed by atoms with E-state index < -0.39 is 20.0 Å². The summed E-state index contributed by atoms with van der Waals surface area (Å²) < 4.78 is 21.8. The second-order valence-corrected chi connectivity index (χ2v) is 11.8. The number of carbonyl (C=O) groups excluding carboxylic acids is 1. The summed E-state index contributed by atoms with van der Waals surface area (Å²) in [5, 5.41) is 13.4. The minimum atomic E-state index is -4.33. The van der Waals surface area contributed by atoms with Crippen molar-refractivity contribution in [1.29, 1.82) is 0 Å². The van der Waals surface area contributed by atoms with Crippen LogP contribution in [0.3, 0.4) is 0 Å². The first kappa shape index (κ1) is 39.5. The predicted octanol–water partition coefficient (Wildman–Crippen LogP) is 7.43. The fourth-order valence-corrected chi connectivity index (χ4v) is 4.71. The lowest BCUT2D eigenvalue weighted by molar-refractivity contribution is -0.123. The van der Waals surface area contributed by atoms with Crippen molar-refractivity contribution >= 4 is 13.7 Å². The number of hydrogen-bond acceptors (Lipinski definition) is 6. The molecule has 3 unspecified atom stereocenters. The standard InChI is InChI=1S/C32H59N2O6P/c1-3-5-7-9-11-12-13-14-15-16-17-18-20-22-24-26-32(36)34-30(29-40-41(37,38)39-28-27-33)31(35)25-23-21-19-10-8-6-4-2/h8,10-12,14-15,23,25,30-31,35H,3-7,9,13,16-22,24,26-29,33H2,1-2H3,(H,34,36)(H,37,38)/b10-8+,12-11-,15-14-,25-23+. The molecule has 0 heterocycles. The number of phosphoric ester groups is 1. The van der Waals surface area contributed by atoms with Gasteiger partial charge in [0.15, 0.2) is 0 Å². The summed E-state index contributed by atoms with van der Waals surface area (Å²) in [6.07, 6.45) is 31.8. The third-order valence-corrected chi connectivity index (χ3v) is 7.34. The van der Waals surface area contributed by atoms with E-state index in [9.17, 15) is 19.4 Å². The van der Waals surface area contributed by atoms with Crippen LogP contribution in [0.4, 0.5) is 0 Å². The second-order valence-electron chi connectivity index (χ2n) is 10.3. The van der Waals surface area contributed by atoms with E-state index in [-0.39, 0.29) is 25.7 Å². The molecule has 5 N–H and O–H groups in total. The number of nitrogens with two attached hydrogens (primary N) is 1. The third-order valence-electron chi connectivity index (χ3n) is 6.36. The lowest BCUT2D eigenvalue weighted by Crippen LogP contribution is -2.45. The monoisotopic (exact) mass is 598 g/mol. The molecule has 0 aliphatic carbocycles. The molecule has 0 spiro atoms. The molecule has 0 rings (SSSR count). The van der Waals surface area contributed by atoms with Gasteiger partial charge in [0.05, 0.1) is 25.4 Å². The van der Waals surface area contributed by atoms with Crippen molar-refractivity contribution < 1.29 is 28.4 Å². The topological polar surface area (TPSA) is 131 Å². The van der Waals surface area contributed by atoms with Gasteiger partial charge in [-0.1, -0.05) is 101 Å². The minimum absolute atomic E-state index is 0.0691. The van der Waals surface area contributed by atoms with E-state index >= 15 is 0 Å². The van der Waals surface area contributed by atoms with Crippen LogP contribution >= 0.6 is 7.82 Å². The zero-order chi connectivity index (χ0) is 30.4. The van der Waals surface area contributed by atoms with E-state index in [0.717, 1.165) is 70.6 Å². The summed E-state index contributed by atoms with van der Waals surface area (Å²) in [5.41, 5.74) is 5.31. The van der Waals surface area contributed by atoms with E-state index in [1.54, 1.807) is 6.08 Å². The van der Waals surface area contributed by atoms with Crippen molar-refractivity contribution in [3.63, 3.8) is 0 Å². The third kappa shape index (κ3) is 27.1. The molecule has 41 heavy (non-hydrogen) atoms. The Hall–Kier alpha value is -1.54. The Kier molecular flexibility index (Phi) is 27.5. The van der Waals surface area contributed by atoms with Gasteiger partial charge in [0, 0.05) is 13.0 Å². The molecule has 0 aromatic heterocycles. The highest BCUT2D eigenvalue weighted by molar-refractivity contribution is 7.47. The first-order valence-electron chi connectivity index (χ1n) is 15.8. The van der Waals surface area contributed by atoms with Gasteiger partial charge in [0.25, 0.3) is 0 Å². The van der Waals surface area contributed by atoms with Crippen LogP contribution in [0.25, 0.3) is 0 Å². The van der Waals surface area contributed by atoms with Gasteiger partial charge in [0.2, 0.25) is 5.91 Å². The smallest absolute Gasteiger partial charge is 0.387 e. The van der Waals surface area contributed by atoms with Gasteiger partial charge < -0.3 is 21.1 Å². The number of unbranched alkanes of at least 4 members (excludes halogenated alkanes) is 10. The average molecular weight is 599 g/mol. The lowest BCUT2D eigenvalue weighted by Gasteiger charge is -2.23. The molecule has 0 aliphatic rings. The van der Waals surface area contributed by atoms with E-state index in [0.29, 0.717) is 6.42 Å². The number of allylic oxidation sites excluding steroid dienone is 7. The molecule has 3 atom stereocenters. The van der Waals surface area contributed by atoms with Crippen LogP contribution in [0.15, 0.2) is 48.6 Å². The maximum absolute atomic E-state index is 12.6. The van der Waals surface area contributed by atoms with Crippen LogP contribution in [0.1, 0.15) is 117 Å². The quantitative estimate of drug-likeness (QED) is 0.0418. The van der Waals surface area contributed by atoms with Crippen LogP contribution in [0.2, 0.25) is 0 Å². The van der Waals surface area contributed by atoms with E-state index in [1.165, 1.54) is 25.7 Å². The molecule has 0 saturated heterocycles. The van der Waals surface area contributed by atoms with Crippen LogP contribution in [-0.2, 0) is 18.4 Å². The Labute approximate surface area is 250 Å². The number of phosphoric acid groups is 1. The number of amides is 1. The molecule has 9 heteroatoms. The average Bonchev–Trinajstić information content (AvgIpc) is 2.95. The SMILES string of the molecule is CCC/C=C/CC/C=C/C(O)C(COP(=O)(O)OCCN)NC(=O)CCCCCCC/C=C\C/C=C\CCCCC. The molecule has 238 valence electrons. The van der Waals surface area contributed by atoms with Crippen LogP contribution in [-0.4, -0.2) is 47.8 Å². The van der Waals surface area contributed by atoms with Crippen molar-refractivity contribution in [3.8, 4) is 0 Å². The molecule has 0 aromatic carbocycles. The highest BCUT2D eigenvalue weighted by atomic mass is 31.2. The lowest BCUT2D eigenvalue weighted by atomic mass is 10.1. The summed E-state index contributed by atoms with van der Waals surface area (Å²) >= 11 is 0. The zero-order valence-electron chi connectivity index (χ0n) is 25.8. The summed E-state index contributed by atoms with van der Waals surface area (Å²) in [6.45, 7) is 3.92. The van der Waals surface area contributed by atoms with E-state index in [4.69, 9.17) is 14.8 Å². The highest BCUT2D eigenvalue weighted by Crippen LogP contribution is 2.43. The Morgan fingerprint density at radius 2 is 1.41 bits per heavy atom. The summed E-state index contributed by atoms with van der Waals surface area (Å²) in [7, 11) is -4.33. The Morgan fingerprint density at radius 3 is 2.10 bits per heavy atom. The molecule has 8 nitrogen and oxygen atoms in total. The molecule has 0 aromatic rings. The maximum atomic E-state index is 12.6. The van der Waals surface area contributed by atoms with Gasteiger partial charge in [-0.2, -0.15) is 0 Å². The number of aliphatic hydroxyl groups excluding tert-OH is 1. The molecular weight excluding hydrogens is 539 g/mol. The van der Waals surface area contributed by atoms with Crippen LogP contribution < -0.4 is 11.1 Å². The summed E-state index contributed by atoms with van der Waals surface area (Å²) in [5.74, 6) is -0.227. The number of rotatable bonds is 28. The van der Waals surface area contributed by atoms with E-state index in [2.05, 4.69) is 55.6 Å². The zero-order valence-corrected chi connectivity index (χ0v) is 26.7. The van der Waals surface area contributed by atoms with Gasteiger partial charge in [0.1, 0.15) is 0 Å². The summed E-state index contributed by atoms with van der Waals surface area (Å²) in [4.78, 5) is 22.4. The Morgan fingerprint density at radius 1 is 0.805 bits per heavy atom. The van der Waals surface area contributed by atoms with Gasteiger partial charge in [-0.05, 0) is 57.8 Å². The minimum Gasteiger partial charge on any atom is -0.387 e. The Bertz CT molecular complexity index is 784. The molecule has 1 amide bonds. The van der Waals surface area contributed by atoms with Gasteiger partial charge in [-0.3, -0.25) is 13.8 Å². The first-order chi connectivity index (χ1) is 19.9. The van der Waals surface area contributed by atoms with Crippen LogP contribution in [0.5, 0.6) is 0 Å². The van der Waals surface area contributed by atoms with Crippen molar-refractivity contribution in [3.05, 3.63) is 48.6 Å². The van der Waals surface area contributed by atoms with Gasteiger partial charge in [-0.15, -0.1) is 0 Å². The first-order valence-corrected chi connectivity index (χ1v) is 17.3. The maximum Gasteiger partial charge on any atom is 0.472 e. The normalized spacial score (nSPS) is 15.3. The fourth-order valence-electron chi connectivity index (χ4n) is 3.95. The molecule has 0 saturated carbocycles. The number of aliphatic hydroxyl groups is 1. The van der Waals surface area contributed by atoms with Gasteiger partial charge in [-0.25, -0.2) is 4.57 Å². The van der Waals surface area contributed by atoms with Crippen molar-refractivity contribution in [2.75, 3.05) is 19.8 Å². The van der Waals surface area contributed by atoms with Crippen molar-refractivity contribution in [1.82, 2.24) is 5.32 Å². The fraction of sp³-hybridized carbons (Fsp3) is 0.719. The predicted molar refractivity (Wildman–Crippen MR) is 171 cm³/mol. The highest BCUT2D eigenvalue weighted by Gasteiger charge is 2.26. The van der Waals surface area contributed by atoms with Crippen molar-refractivity contribution in [2.45, 2.75) is 129 Å². The van der Waals surface area contributed by atoms with Crippen molar-refractivity contribution in [2.24, 2.45) is 5.73 Å². The van der Waals surface area contributed by atoms with Crippen LogP contribution in [0, 0.1) is 0 Å². The second kappa shape index (κ2) is 28.6. The number of carbonyl (C=O) groups is 1. The Balaban J connectivity index is 4.39. The molecule has 0 bridgehead atoms. The number of hydrogen-bond donors (Lipinski definition) is 4.